The molecule has 0 radical (unpaired) electrons. The molecule has 0 N–H and O–H groups in total. The molecule has 1 aromatic carbocycles. The zero-order valence-electron chi connectivity index (χ0n) is 9.18. The summed E-state index contributed by atoms with van der Waals surface area (Å²) in [4.78, 5) is 12.8. The van der Waals surface area contributed by atoms with E-state index >= 15 is 0 Å². The molecule has 0 bridgehead atoms. The van der Waals surface area contributed by atoms with Crippen LogP contribution in [0.15, 0.2) is 18.2 Å². The highest BCUT2D eigenvalue weighted by Gasteiger charge is 2.21. The Morgan fingerprint density at radius 2 is 2.06 bits per heavy atom. The standard InChI is InChI=1S/C11H10Cl2F3NO/c12-3-4-17(6-10(15)16)11(18)8-2-1-7(14)5-9(8)13/h1-2,5,10H,3-4,6H2. The number of carbonyl (C=O) groups is 1. The van der Waals surface area contributed by atoms with Crippen LogP contribution >= 0.6 is 23.2 Å². The van der Waals surface area contributed by atoms with Gasteiger partial charge in [0.05, 0.1) is 17.1 Å². The van der Waals surface area contributed by atoms with E-state index in [0.29, 0.717) is 0 Å². The average Bonchev–Trinajstić information content (AvgIpc) is 2.27. The molecule has 18 heavy (non-hydrogen) atoms. The number of rotatable bonds is 5. The Labute approximate surface area is 112 Å². The molecule has 0 saturated heterocycles. The molecular weight excluding hydrogens is 290 g/mol. The lowest BCUT2D eigenvalue weighted by molar-refractivity contribution is 0.0571. The van der Waals surface area contributed by atoms with Gasteiger partial charge < -0.3 is 4.90 Å². The summed E-state index contributed by atoms with van der Waals surface area (Å²) in [5, 5.41) is -0.117. The first-order chi connectivity index (χ1) is 8.45. The highest BCUT2D eigenvalue weighted by Crippen LogP contribution is 2.19. The molecule has 2 nitrogen and oxygen atoms in total. The van der Waals surface area contributed by atoms with Crippen molar-refractivity contribution in [2.45, 2.75) is 6.43 Å². The molecule has 0 aliphatic rings. The summed E-state index contributed by atoms with van der Waals surface area (Å²) < 4.78 is 37.5. The van der Waals surface area contributed by atoms with Gasteiger partial charge in [-0.3, -0.25) is 4.79 Å². The molecule has 100 valence electrons. The number of hydrogen-bond donors (Lipinski definition) is 0. The van der Waals surface area contributed by atoms with Gasteiger partial charge in [0, 0.05) is 12.4 Å². The lowest BCUT2D eigenvalue weighted by Gasteiger charge is -2.21. The predicted molar refractivity (Wildman–Crippen MR) is 64.0 cm³/mol. The zero-order chi connectivity index (χ0) is 13.7. The smallest absolute Gasteiger partial charge is 0.255 e. The van der Waals surface area contributed by atoms with E-state index in [1.807, 2.05) is 0 Å². The molecule has 0 atom stereocenters. The summed E-state index contributed by atoms with van der Waals surface area (Å²) in [6.45, 7) is -0.766. The van der Waals surface area contributed by atoms with Gasteiger partial charge in [0.2, 0.25) is 0 Å². The SMILES string of the molecule is O=C(c1ccc(F)cc1Cl)N(CCCl)CC(F)F. The van der Waals surface area contributed by atoms with Crippen LogP contribution in [0.5, 0.6) is 0 Å². The minimum atomic E-state index is -2.67. The first-order valence-corrected chi connectivity index (χ1v) is 5.95. The predicted octanol–water partition coefficient (Wildman–Crippen LogP) is 3.43. The third kappa shape index (κ3) is 4.07. The third-order valence-corrected chi connectivity index (χ3v) is 2.64. The van der Waals surface area contributed by atoms with Crippen LogP contribution < -0.4 is 0 Å². The van der Waals surface area contributed by atoms with E-state index in [4.69, 9.17) is 23.2 Å². The largest absolute Gasteiger partial charge is 0.332 e. The minimum Gasteiger partial charge on any atom is -0.332 e. The van der Waals surface area contributed by atoms with Crippen LogP contribution in [-0.4, -0.2) is 36.2 Å². The van der Waals surface area contributed by atoms with Crippen molar-refractivity contribution in [2.24, 2.45) is 0 Å². The normalized spacial score (nSPS) is 10.8. The van der Waals surface area contributed by atoms with Gasteiger partial charge >= 0.3 is 0 Å². The van der Waals surface area contributed by atoms with Gasteiger partial charge in [0.15, 0.2) is 0 Å². The second kappa shape index (κ2) is 6.85. The first-order valence-electron chi connectivity index (χ1n) is 5.04. The maximum Gasteiger partial charge on any atom is 0.255 e. The summed E-state index contributed by atoms with van der Waals surface area (Å²) in [6, 6.07) is 3.16. The van der Waals surface area contributed by atoms with E-state index < -0.39 is 24.7 Å². The molecule has 0 aromatic heterocycles. The molecule has 0 fully saturated rings. The monoisotopic (exact) mass is 299 g/mol. The average molecular weight is 300 g/mol. The zero-order valence-corrected chi connectivity index (χ0v) is 10.7. The molecule has 0 unspecified atom stereocenters. The molecular formula is C11H10Cl2F3NO. The molecule has 1 amide bonds. The summed E-state index contributed by atoms with van der Waals surface area (Å²) in [5.41, 5.74) is -0.0242. The minimum absolute atomic E-state index is 0.0242. The van der Waals surface area contributed by atoms with Crippen molar-refractivity contribution < 1.29 is 18.0 Å². The van der Waals surface area contributed by atoms with E-state index in [1.54, 1.807) is 0 Å². The van der Waals surface area contributed by atoms with Crippen LogP contribution in [0.4, 0.5) is 13.2 Å². The number of alkyl halides is 3. The van der Waals surface area contributed by atoms with Gasteiger partial charge in [0.1, 0.15) is 5.82 Å². The number of halogens is 5. The molecule has 0 spiro atoms. The first kappa shape index (κ1) is 15.1. The van der Waals surface area contributed by atoms with E-state index in [9.17, 15) is 18.0 Å². The summed E-state index contributed by atoms with van der Waals surface area (Å²) in [5.74, 6) is -1.27. The van der Waals surface area contributed by atoms with Crippen LogP contribution in [-0.2, 0) is 0 Å². The van der Waals surface area contributed by atoms with Gasteiger partial charge in [-0.15, -0.1) is 11.6 Å². The van der Waals surface area contributed by atoms with Gasteiger partial charge in [-0.05, 0) is 18.2 Å². The molecule has 1 rings (SSSR count). The number of amides is 1. The Kier molecular flexibility index (Phi) is 5.75. The number of benzene rings is 1. The fourth-order valence-electron chi connectivity index (χ4n) is 1.38. The van der Waals surface area contributed by atoms with Crippen molar-refractivity contribution in [2.75, 3.05) is 19.0 Å². The fraction of sp³-hybridized carbons (Fsp3) is 0.364. The molecule has 0 heterocycles. The van der Waals surface area contributed by atoms with E-state index in [1.165, 1.54) is 0 Å². The second-order valence-corrected chi connectivity index (χ2v) is 4.24. The second-order valence-electron chi connectivity index (χ2n) is 3.46. The third-order valence-electron chi connectivity index (χ3n) is 2.16. The number of hydrogen-bond acceptors (Lipinski definition) is 1. The summed E-state index contributed by atoms with van der Waals surface area (Å²) >= 11 is 11.1. The van der Waals surface area contributed by atoms with Crippen LogP contribution in [0.25, 0.3) is 0 Å². The van der Waals surface area contributed by atoms with Crippen molar-refractivity contribution in [3.8, 4) is 0 Å². The molecule has 1 aromatic rings. The Morgan fingerprint density at radius 1 is 1.39 bits per heavy atom. The van der Waals surface area contributed by atoms with Gasteiger partial charge in [-0.25, -0.2) is 13.2 Å². The number of carbonyl (C=O) groups excluding carboxylic acids is 1. The highest BCUT2D eigenvalue weighted by atomic mass is 35.5. The van der Waals surface area contributed by atoms with Gasteiger partial charge in [0.25, 0.3) is 12.3 Å². The maximum absolute atomic E-state index is 12.8. The maximum atomic E-state index is 12.8. The van der Waals surface area contributed by atoms with Crippen LogP contribution in [0.1, 0.15) is 10.4 Å². The molecule has 0 aliphatic carbocycles. The summed E-state index contributed by atoms with van der Waals surface area (Å²) in [6.07, 6.45) is -2.67. The van der Waals surface area contributed by atoms with Gasteiger partial charge in [-0.1, -0.05) is 11.6 Å². The molecule has 7 heteroatoms. The lowest BCUT2D eigenvalue weighted by Crippen LogP contribution is -2.36. The van der Waals surface area contributed by atoms with Crippen molar-refractivity contribution in [3.05, 3.63) is 34.6 Å². The highest BCUT2D eigenvalue weighted by molar-refractivity contribution is 6.33. The Balaban J connectivity index is 2.94. The topological polar surface area (TPSA) is 20.3 Å². The van der Waals surface area contributed by atoms with Crippen molar-refractivity contribution in [3.63, 3.8) is 0 Å². The number of nitrogens with zero attached hydrogens (tertiary/aromatic N) is 1. The summed E-state index contributed by atoms with van der Waals surface area (Å²) in [7, 11) is 0. The quantitative estimate of drug-likeness (QED) is 0.763. The van der Waals surface area contributed by atoms with Crippen molar-refractivity contribution in [1.82, 2.24) is 4.90 Å². The van der Waals surface area contributed by atoms with Crippen molar-refractivity contribution >= 4 is 29.1 Å². The van der Waals surface area contributed by atoms with E-state index in [0.717, 1.165) is 23.1 Å². The Hall–Kier alpha value is -0.940. The Morgan fingerprint density at radius 3 is 2.56 bits per heavy atom. The van der Waals surface area contributed by atoms with Crippen LogP contribution in [0.3, 0.4) is 0 Å². The van der Waals surface area contributed by atoms with E-state index in [-0.39, 0.29) is 23.0 Å². The molecule has 0 aliphatic heterocycles. The van der Waals surface area contributed by atoms with Gasteiger partial charge in [-0.2, -0.15) is 0 Å². The molecule has 0 saturated carbocycles. The van der Waals surface area contributed by atoms with E-state index in [2.05, 4.69) is 0 Å². The lowest BCUT2D eigenvalue weighted by atomic mass is 10.2. The van der Waals surface area contributed by atoms with Crippen LogP contribution in [0, 0.1) is 5.82 Å². The van der Waals surface area contributed by atoms with Crippen molar-refractivity contribution in [1.29, 1.82) is 0 Å². The fourth-order valence-corrected chi connectivity index (χ4v) is 1.83. The Bertz CT molecular complexity index is 429. The van der Waals surface area contributed by atoms with Crippen LogP contribution in [0.2, 0.25) is 5.02 Å².